The largest absolute Gasteiger partial charge is 0.467 e. The van der Waals surface area contributed by atoms with Crippen LogP contribution in [0.2, 0.25) is 0 Å². The lowest BCUT2D eigenvalue weighted by Gasteiger charge is -2.35. The van der Waals surface area contributed by atoms with Crippen LogP contribution < -0.4 is 5.32 Å². The molecule has 2 heterocycles. The normalized spacial score (nSPS) is 18.1. The molecule has 1 saturated heterocycles. The zero-order valence-electron chi connectivity index (χ0n) is 13.5. The van der Waals surface area contributed by atoms with Gasteiger partial charge in [-0.15, -0.1) is 0 Å². The molecule has 3 nitrogen and oxygen atoms in total. The lowest BCUT2D eigenvalue weighted by atomic mass is 9.94. The highest BCUT2D eigenvalue weighted by atomic mass is 19.4. The van der Waals surface area contributed by atoms with Crippen molar-refractivity contribution in [2.45, 2.75) is 18.4 Å². The summed E-state index contributed by atoms with van der Waals surface area (Å²) < 4.78 is 84.7. The molecule has 3 rings (SSSR count). The van der Waals surface area contributed by atoms with E-state index in [1.165, 1.54) is 12.3 Å². The Labute approximate surface area is 145 Å². The molecule has 1 aromatic carbocycles. The number of nitrogens with zero attached hydrogens (tertiary/aromatic N) is 1. The molecule has 0 aliphatic carbocycles. The third kappa shape index (κ3) is 3.88. The van der Waals surface area contributed by atoms with Crippen LogP contribution in [0, 0.1) is 0 Å². The molecule has 0 radical (unpaired) electrons. The molecule has 2 aromatic rings. The number of rotatable bonds is 3. The van der Waals surface area contributed by atoms with E-state index in [0.717, 1.165) is 6.07 Å². The Morgan fingerprint density at radius 1 is 0.962 bits per heavy atom. The molecule has 0 saturated carbocycles. The van der Waals surface area contributed by atoms with E-state index in [-0.39, 0.29) is 17.4 Å². The molecule has 1 aromatic heterocycles. The number of benzene rings is 1. The van der Waals surface area contributed by atoms with Gasteiger partial charge in [-0.25, -0.2) is 0 Å². The van der Waals surface area contributed by atoms with Crippen molar-refractivity contribution in [1.82, 2.24) is 10.2 Å². The molecule has 26 heavy (non-hydrogen) atoms. The van der Waals surface area contributed by atoms with Gasteiger partial charge in [0.25, 0.3) is 0 Å². The van der Waals surface area contributed by atoms with Gasteiger partial charge in [-0.3, -0.25) is 4.90 Å². The Morgan fingerprint density at radius 2 is 1.65 bits per heavy atom. The van der Waals surface area contributed by atoms with Crippen LogP contribution >= 0.6 is 0 Å². The van der Waals surface area contributed by atoms with Crippen molar-refractivity contribution in [3.63, 3.8) is 0 Å². The van der Waals surface area contributed by atoms with Crippen molar-refractivity contribution in [2.75, 3.05) is 26.2 Å². The standard InChI is InChI=1S/C17H16F6N2O/c18-16(19,20)11-3-4-12(13(10-11)17(21,22)23)15(14-2-1-9-26-14)25-7-5-24-6-8-25/h1-4,9-10,15,24H,5-8H2/t15-/m1/s1. The summed E-state index contributed by atoms with van der Waals surface area (Å²) in [6.07, 6.45) is -8.44. The maximum atomic E-state index is 13.6. The minimum atomic E-state index is -4.92. The van der Waals surface area contributed by atoms with Crippen LogP contribution in [-0.4, -0.2) is 31.1 Å². The molecule has 0 bridgehead atoms. The Bertz CT molecular complexity index is 733. The van der Waals surface area contributed by atoms with Crippen molar-refractivity contribution >= 4 is 0 Å². The second-order valence-corrected chi connectivity index (χ2v) is 6.00. The SMILES string of the molecule is FC(F)(F)c1ccc([C@H](c2ccco2)N2CCNCC2)c(C(F)(F)F)c1. The van der Waals surface area contributed by atoms with Gasteiger partial charge in [0.05, 0.1) is 23.4 Å². The summed E-state index contributed by atoms with van der Waals surface area (Å²) in [5.74, 6) is 0.261. The molecule has 1 aliphatic rings. The molecule has 9 heteroatoms. The van der Waals surface area contributed by atoms with E-state index in [2.05, 4.69) is 5.32 Å². The molecule has 0 unspecified atom stereocenters. The van der Waals surface area contributed by atoms with Gasteiger partial charge in [-0.05, 0) is 29.8 Å². The second-order valence-electron chi connectivity index (χ2n) is 6.00. The number of hydrogen-bond donors (Lipinski definition) is 1. The van der Waals surface area contributed by atoms with Gasteiger partial charge in [0.2, 0.25) is 0 Å². The maximum Gasteiger partial charge on any atom is 0.416 e. The Hall–Kier alpha value is -2.00. The van der Waals surface area contributed by atoms with Crippen LogP contribution in [0.5, 0.6) is 0 Å². The first-order valence-electron chi connectivity index (χ1n) is 7.94. The van der Waals surface area contributed by atoms with Crippen molar-refractivity contribution in [2.24, 2.45) is 0 Å². The van der Waals surface area contributed by atoms with Crippen LogP contribution in [0.1, 0.15) is 28.5 Å². The first kappa shape index (κ1) is 18.8. The van der Waals surface area contributed by atoms with E-state index < -0.39 is 29.5 Å². The Balaban J connectivity index is 2.14. The van der Waals surface area contributed by atoms with Gasteiger partial charge < -0.3 is 9.73 Å². The van der Waals surface area contributed by atoms with E-state index in [1.807, 2.05) is 0 Å². The zero-order valence-corrected chi connectivity index (χ0v) is 13.5. The summed E-state index contributed by atoms with van der Waals surface area (Å²) in [6, 6.07) is 3.93. The fraction of sp³-hybridized carbons (Fsp3) is 0.412. The fourth-order valence-corrected chi connectivity index (χ4v) is 3.13. The second kappa shape index (κ2) is 6.96. The molecule has 142 valence electrons. The number of halogens is 6. The predicted molar refractivity (Wildman–Crippen MR) is 81.4 cm³/mol. The number of furan rings is 1. The van der Waals surface area contributed by atoms with Crippen LogP contribution in [-0.2, 0) is 12.4 Å². The van der Waals surface area contributed by atoms with E-state index in [1.54, 1.807) is 11.0 Å². The fourth-order valence-electron chi connectivity index (χ4n) is 3.13. The maximum absolute atomic E-state index is 13.6. The lowest BCUT2D eigenvalue weighted by Crippen LogP contribution is -2.45. The number of alkyl halides is 6. The first-order chi connectivity index (χ1) is 12.2. The van der Waals surface area contributed by atoms with Gasteiger partial charge in [-0.2, -0.15) is 26.3 Å². The summed E-state index contributed by atoms with van der Waals surface area (Å²) in [6.45, 7) is 2.03. The highest BCUT2D eigenvalue weighted by molar-refractivity contribution is 5.40. The number of nitrogens with one attached hydrogen (secondary N) is 1. The van der Waals surface area contributed by atoms with E-state index in [0.29, 0.717) is 32.2 Å². The molecule has 1 fully saturated rings. The first-order valence-corrected chi connectivity index (χ1v) is 7.94. The van der Waals surface area contributed by atoms with Crippen molar-refractivity contribution in [3.8, 4) is 0 Å². The molecular weight excluding hydrogens is 362 g/mol. The number of piperazine rings is 1. The average Bonchev–Trinajstić information content (AvgIpc) is 3.08. The molecule has 1 atom stereocenters. The van der Waals surface area contributed by atoms with Crippen molar-refractivity contribution in [3.05, 3.63) is 59.0 Å². The highest BCUT2D eigenvalue weighted by Crippen LogP contribution is 2.42. The van der Waals surface area contributed by atoms with Gasteiger partial charge >= 0.3 is 12.4 Å². The molecular formula is C17H16F6N2O. The summed E-state index contributed by atoms with van der Waals surface area (Å²) >= 11 is 0. The minimum absolute atomic E-state index is 0.174. The summed E-state index contributed by atoms with van der Waals surface area (Å²) in [5.41, 5.74) is -2.87. The van der Waals surface area contributed by atoms with Gasteiger partial charge in [0.15, 0.2) is 0 Å². The van der Waals surface area contributed by atoms with Gasteiger partial charge in [0.1, 0.15) is 5.76 Å². The molecule has 0 spiro atoms. The lowest BCUT2D eigenvalue weighted by molar-refractivity contribution is -0.143. The number of hydrogen-bond acceptors (Lipinski definition) is 3. The third-order valence-electron chi connectivity index (χ3n) is 4.31. The minimum Gasteiger partial charge on any atom is -0.467 e. The Kier molecular flexibility index (Phi) is 5.03. The van der Waals surface area contributed by atoms with Gasteiger partial charge in [0, 0.05) is 26.2 Å². The third-order valence-corrected chi connectivity index (χ3v) is 4.31. The quantitative estimate of drug-likeness (QED) is 0.807. The summed E-state index contributed by atoms with van der Waals surface area (Å²) in [4.78, 5) is 1.77. The molecule has 0 amide bonds. The van der Waals surface area contributed by atoms with Crippen molar-refractivity contribution in [1.29, 1.82) is 0 Å². The summed E-state index contributed by atoms with van der Waals surface area (Å²) in [5, 5.41) is 3.10. The van der Waals surface area contributed by atoms with Crippen LogP contribution in [0.3, 0.4) is 0 Å². The monoisotopic (exact) mass is 378 g/mol. The van der Waals surface area contributed by atoms with Crippen LogP contribution in [0.25, 0.3) is 0 Å². The summed E-state index contributed by atoms with van der Waals surface area (Å²) in [7, 11) is 0. The highest BCUT2D eigenvalue weighted by Gasteiger charge is 2.41. The smallest absolute Gasteiger partial charge is 0.416 e. The zero-order chi connectivity index (χ0) is 18.9. The topological polar surface area (TPSA) is 28.4 Å². The van der Waals surface area contributed by atoms with Gasteiger partial charge in [-0.1, -0.05) is 6.07 Å². The van der Waals surface area contributed by atoms with Crippen molar-refractivity contribution < 1.29 is 30.8 Å². The van der Waals surface area contributed by atoms with E-state index in [9.17, 15) is 26.3 Å². The molecule has 1 N–H and O–H groups in total. The van der Waals surface area contributed by atoms with E-state index in [4.69, 9.17) is 4.42 Å². The Morgan fingerprint density at radius 3 is 2.19 bits per heavy atom. The average molecular weight is 378 g/mol. The van der Waals surface area contributed by atoms with E-state index >= 15 is 0 Å². The molecule has 1 aliphatic heterocycles. The predicted octanol–water partition coefficient (Wildman–Crippen LogP) is 4.31. The van der Waals surface area contributed by atoms with Crippen LogP contribution in [0.15, 0.2) is 41.0 Å². The van der Waals surface area contributed by atoms with Crippen LogP contribution in [0.4, 0.5) is 26.3 Å².